The van der Waals surface area contributed by atoms with Crippen LogP contribution in [0.1, 0.15) is 78.6 Å². The molecule has 3 heterocycles. The summed E-state index contributed by atoms with van der Waals surface area (Å²) in [5.74, 6) is -1.80. The van der Waals surface area contributed by atoms with Crippen molar-refractivity contribution in [3.63, 3.8) is 0 Å². The summed E-state index contributed by atoms with van der Waals surface area (Å²) in [6.07, 6.45) is 11.0. The van der Waals surface area contributed by atoms with Crippen LogP contribution in [0.4, 0.5) is 0 Å². The van der Waals surface area contributed by atoms with Crippen LogP contribution in [-0.2, 0) is 19.1 Å². The Labute approximate surface area is 234 Å². The van der Waals surface area contributed by atoms with E-state index in [4.69, 9.17) is 4.74 Å². The molecule has 4 fully saturated rings. The van der Waals surface area contributed by atoms with Crippen LogP contribution in [-0.4, -0.2) is 93.6 Å². The molecule has 8 nitrogen and oxygen atoms in total. The summed E-state index contributed by atoms with van der Waals surface area (Å²) in [7, 11) is 0. The lowest BCUT2D eigenvalue weighted by atomic mass is 9.70. The highest BCUT2D eigenvalue weighted by Gasteiger charge is 2.75. The van der Waals surface area contributed by atoms with Crippen molar-refractivity contribution in [1.82, 2.24) is 14.7 Å². The van der Waals surface area contributed by atoms with Crippen molar-refractivity contribution in [2.45, 2.75) is 108 Å². The number of aliphatic hydroxyl groups is 1. The molecule has 1 saturated carbocycles. The monoisotopic (exact) mass is 543 g/mol. The standard InChI is InChI=1S/C31H49N3O5/c1-6-17-32(18-7-2)28(36)25-24-15-16-31(39-24)26(25)29(37)34(23(20-35)21(5)9-4)27(31)30(38)33(19-8-3)22-13-11-10-12-14-22/h6,8,21-27,35H,1,3,7,9-20H2,2,4-5H3/t21-,23-,24+,25-,26-,27?,31?/m0/s1. The maximum atomic E-state index is 14.7. The average molecular weight is 544 g/mol. The van der Waals surface area contributed by atoms with Crippen LogP contribution in [0, 0.1) is 17.8 Å². The van der Waals surface area contributed by atoms with Gasteiger partial charge in [0.15, 0.2) is 0 Å². The van der Waals surface area contributed by atoms with Crippen molar-refractivity contribution in [1.29, 1.82) is 0 Å². The molecule has 4 rings (SSSR count). The van der Waals surface area contributed by atoms with E-state index in [0.29, 0.717) is 32.5 Å². The number of hydrogen-bond acceptors (Lipinski definition) is 5. The molecule has 0 aromatic carbocycles. The van der Waals surface area contributed by atoms with Crippen molar-refractivity contribution in [2.24, 2.45) is 17.8 Å². The lowest BCUT2D eigenvalue weighted by Crippen LogP contribution is -2.61. The van der Waals surface area contributed by atoms with E-state index in [1.54, 1.807) is 22.0 Å². The normalized spacial score (nSPS) is 31.6. The van der Waals surface area contributed by atoms with Gasteiger partial charge in [-0.1, -0.05) is 58.6 Å². The first-order valence-corrected chi connectivity index (χ1v) is 15.2. The molecule has 2 bridgehead atoms. The van der Waals surface area contributed by atoms with E-state index in [2.05, 4.69) is 13.2 Å². The van der Waals surface area contributed by atoms with Crippen LogP contribution in [0.5, 0.6) is 0 Å². The lowest BCUT2D eigenvalue weighted by Gasteiger charge is -2.43. The largest absolute Gasteiger partial charge is 0.394 e. The predicted molar refractivity (Wildman–Crippen MR) is 151 cm³/mol. The minimum absolute atomic E-state index is 0.0179. The van der Waals surface area contributed by atoms with Gasteiger partial charge in [0, 0.05) is 25.7 Å². The zero-order valence-electron chi connectivity index (χ0n) is 24.2. The second-order valence-corrected chi connectivity index (χ2v) is 12.1. The molecule has 1 aliphatic carbocycles. The minimum atomic E-state index is -1.06. The number of nitrogens with zero attached hydrogens (tertiary/aromatic N) is 3. The molecule has 0 radical (unpaired) electrons. The molecule has 0 aromatic rings. The van der Waals surface area contributed by atoms with Crippen molar-refractivity contribution >= 4 is 17.7 Å². The third kappa shape index (κ3) is 5.08. The van der Waals surface area contributed by atoms with Crippen molar-refractivity contribution in [3.8, 4) is 0 Å². The molecule has 3 amide bonds. The first-order chi connectivity index (χ1) is 18.8. The Morgan fingerprint density at radius 2 is 1.82 bits per heavy atom. The van der Waals surface area contributed by atoms with Gasteiger partial charge in [0.25, 0.3) is 0 Å². The topological polar surface area (TPSA) is 90.4 Å². The summed E-state index contributed by atoms with van der Waals surface area (Å²) in [5.41, 5.74) is -1.06. The van der Waals surface area contributed by atoms with Crippen molar-refractivity contribution in [2.75, 3.05) is 26.2 Å². The van der Waals surface area contributed by atoms with Crippen LogP contribution < -0.4 is 0 Å². The maximum absolute atomic E-state index is 14.7. The summed E-state index contributed by atoms with van der Waals surface area (Å²) < 4.78 is 6.69. The van der Waals surface area contributed by atoms with E-state index in [1.807, 2.05) is 25.7 Å². The highest BCUT2D eigenvalue weighted by molar-refractivity contribution is 5.99. The van der Waals surface area contributed by atoms with E-state index in [0.717, 1.165) is 38.5 Å². The molecule has 0 aromatic heterocycles. The number of amides is 3. The zero-order valence-corrected chi connectivity index (χ0v) is 24.2. The summed E-state index contributed by atoms with van der Waals surface area (Å²) in [6, 6.07) is -1.28. The van der Waals surface area contributed by atoms with E-state index in [-0.39, 0.29) is 42.4 Å². The fourth-order valence-corrected chi connectivity index (χ4v) is 7.86. The molecule has 1 spiro atoms. The Balaban J connectivity index is 1.78. The van der Waals surface area contributed by atoms with Gasteiger partial charge in [-0.3, -0.25) is 14.4 Å². The lowest BCUT2D eigenvalue weighted by molar-refractivity contribution is -0.154. The first-order valence-electron chi connectivity index (χ1n) is 15.2. The Morgan fingerprint density at radius 1 is 1.13 bits per heavy atom. The molecule has 3 aliphatic heterocycles. The second-order valence-electron chi connectivity index (χ2n) is 12.1. The average Bonchev–Trinajstić information content (AvgIpc) is 3.59. The molecule has 218 valence electrons. The van der Waals surface area contributed by atoms with Crippen molar-refractivity contribution < 1.29 is 24.2 Å². The number of carbonyl (C=O) groups is 3. The summed E-state index contributed by atoms with van der Waals surface area (Å²) in [4.78, 5) is 48.4. The molecule has 2 unspecified atom stereocenters. The van der Waals surface area contributed by atoms with Crippen LogP contribution in [0.3, 0.4) is 0 Å². The minimum Gasteiger partial charge on any atom is -0.394 e. The maximum Gasteiger partial charge on any atom is 0.248 e. The van der Waals surface area contributed by atoms with Crippen LogP contribution >= 0.6 is 0 Å². The Bertz CT molecular complexity index is 933. The Kier molecular flexibility index (Phi) is 9.58. The van der Waals surface area contributed by atoms with E-state index >= 15 is 0 Å². The smallest absolute Gasteiger partial charge is 0.248 e. The molecule has 4 aliphatic rings. The van der Waals surface area contributed by atoms with E-state index in [1.165, 1.54) is 6.42 Å². The van der Waals surface area contributed by atoms with E-state index < -0.39 is 29.5 Å². The van der Waals surface area contributed by atoms with Gasteiger partial charge in [-0.2, -0.15) is 0 Å². The highest BCUT2D eigenvalue weighted by atomic mass is 16.5. The number of carbonyl (C=O) groups excluding carboxylic acids is 3. The third-order valence-electron chi connectivity index (χ3n) is 9.88. The summed E-state index contributed by atoms with van der Waals surface area (Å²) >= 11 is 0. The fraction of sp³-hybridized carbons (Fsp3) is 0.774. The van der Waals surface area contributed by atoms with Crippen LogP contribution in [0.15, 0.2) is 25.3 Å². The number of rotatable bonds is 13. The number of fused-ring (bicyclic) bond motifs is 1. The summed E-state index contributed by atoms with van der Waals surface area (Å²) in [6.45, 7) is 15.0. The van der Waals surface area contributed by atoms with Gasteiger partial charge in [-0.25, -0.2) is 0 Å². The van der Waals surface area contributed by atoms with Gasteiger partial charge < -0.3 is 24.5 Å². The second kappa shape index (κ2) is 12.5. The summed E-state index contributed by atoms with van der Waals surface area (Å²) in [5, 5.41) is 10.6. The van der Waals surface area contributed by atoms with Gasteiger partial charge in [0.05, 0.1) is 30.6 Å². The highest BCUT2D eigenvalue weighted by Crippen LogP contribution is 2.59. The molecule has 39 heavy (non-hydrogen) atoms. The first kappa shape index (κ1) is 29.8. The van der Waals surface area contributed by atoms with Gasteiger partial charge in [0.1, 0.15) is 11.6 Å². The molecular formula is C31H49N3O5. The predicted octanol–water partition coefficient (Wildman–Crippen LogP) is 3.54. The number of aliphatic hydroxyl groups excluding tert-OH is 1. The van der Waals surface area contributed by atoms with Crippen LogP contribution in [0.2, 0.25) is 0 Å². The van der Waals surface area contributed by atoms with Gasteiger partial charge in [0.2, 0.25) is 17.7 Å². The molecule has 8 heteroatoms. The zero-order chi connectivity index (χ0) is 28.3. The number of hydrogen-bond donors (Lipinski definition) is 1. The number of ether oxygens (including phenoxy) is 1. The van der Waals surface area contributed by atoms with Crippen molar-refractivity contribution in [3.05, 3.63) is 25.3 Å². The fourth-order valence-electron chi connectivity index (χ4n) is 7.86. The Morgan fingerprint density at radius 3 is 2.41 bits per heavy atom. The Hall–Kier alpha value is -2.19. The molecule has 3 saturated heterocycles. The van der Waals surface area contributed by atoms with Crippen LogP contribution in [0.25, 0.3) is 0 Å². The van der Waals surface area contributed by atoms with Gasteiger partial charge in [-0.15, -0.1) is 13.2 Å². The SMILES string of the molecule is C=CCN(CCC)C(=O)[C@@H]1[C@H]2C(=O)N([C@@H](CO)[C@@H](C)CC)C(C(=O)N(CC=C)C3CCCCC3)C23CC[C@H]1O3. The molecule has 7 atom stereocenters. The van der Waals surface area contributed by atoms with E-state index in [9.17, 15) is 19.5 Å². The molecular weight excluding hydrogens is 494 g/mol. The number of likely N-dealkylation sites (tertiary alicyclic amines) is 1. The van der Waals surface area contributed by atoms with Gasteiger partial charge >= 0.3 is 0 Å². The van der Waals surface area contributed by atoms with Gasteiger partial charge in [-0.05, 0) is 38.0 Å². The quantitative estimate of drug-likeness (QED) is 0.359. The molecule has 1 N–H and O–H groups in total. The third-order valence-corrected chi connectivity index (χ3v) is 9.88.